The number of nitrogens with zero attached hydrogens (tertiary/aromatic N) is 3. The highest BCUT2D eigenvalue weighted by Gasteiger charge is 2.23. The number of aromatic nitrogens is 2. The molecule has 0 aliphatic rings. The van der Waals surface area contributed by atoms with Gasteiger partial charge in [-0.2, -0.15) is 0 Å². The summed E-state index contributed by atoms with van der Waals surface area (Å²) in [5.41, 5.74) is -0.266. The quantitative estimate of drug-likeness (QED) is 0.812. The zero-order valence-electron chi connectivity index (χ0n) is 10.3. The van der Waals surface area contributed by atoms with Crippen molar-refractivity contribution < 1.29 is 9.90 Å². The lowest BCUT2D eigenvalue weighted by molar-refractivity contribution is -0.138. The largest absolute Gasteiger partial charge is 0.480 e. The van der Waals surface area contributed by atoms with Crippen molar-refractivity contribution in [1.29, 1.82) is 0 Å². The Morgan fingerprint density at radius 3 is 2.71 bits per heavy atom. The normalized spacial score (nSPS) is 12.2. The van der Waals surface area contributed by atoms with Crippen molar-refractivity contribution in [3.8, 4) is 0 Å². The van der Waals surface area contributed by atoms with Crippen molar-refractivity contribution in [1.82, 2.24) is 9.55 Å². The first kappa shape index (κ1) is 13.2. The maximum atomic E-state index is 12.0. The van der Waals surface area contributed by atoms with Crippen LogP contribution in [0.1, 0.15) is 20.3 Å². The summed E-state index contributed by atoms with van der Waals surface area (Å²) in [5, 5.41) is 9.04. The average molecular weight is 239 g/mol. The van der Waals surface area contributed by atoms with Gasteiger partial charge in [-0.25, -0.2) is 9.78 Å². The van der Waals surface area contributed by atoms with Gasteiger partial charge >= 0.3 is 5.97 Å². The first-order valence-electron chi connectivity index (χ1n) is 5.54. The summed E-state index contributed by atoms with van der Waals surface area (Å²) < 4.78 is 1.49. The van der Waals surface area contributed by atoms with Crippen molar-refractivity contribution in [3.63, 3.8) is 0 Å². The lowest BCUT2D eigenvalue weighted by Gasteiger charge is -2.24. The topological polar surface area (TPSA) is 75.4 Å². The Balaban J connectivity index is 3.16. The number of anilines is 1. The molecule has 0 aliphatic carbocycles. The molecular formula is C11H17N3O3. The Labute approximate surface area is 99.5 Å². The molecule has 0 saturated heterocycles. The zero-order chi connectivity index (χ0) is 13.0. The van der Waals surface area contributed by atoms with Gasteiger partial charge in [0.15, 0.2) is 5.82 Å². The summed E-state index contributed by atoms with van der Waals surface area (Å²) in [4.78, 5) is 28.4. The first-order chi connectivity index (χ1) is 8.02. The van der Waals surface area contributed by atoms with Crippen LogP contribution in [0.5, 0.6) is 0 Å². The van der Waals surface area contributed by atoms with Crippen LogP contribution in [0.3, 0.4) is 0 Å². The van der Waals surface area contributed by atoms with Crippen LogP contribution < -0.4 is 10.5 Å². The molecule has 0 amide bonds. The number of hydrogen-bond donors (Lipinski definition) is 1. The number of aryl methyl sites for hydroxylation is 1. The number of aliphatic carboxylic acids is 1. The van der Waals surface area contributed by atoms with Crippen molar-refractivity contribution in [3.05, 3.63) is 22.7 Å². The molecule has 6 heteroatoms. The third-order valence-electron chi connectivity index (χ3n) is 2.71. The Hall–Kier alpha value is -1.85. The van der Waals surface area contributed by atoms with E-state index in [4.69, 9.17) is 5.11 Å². The molecule has 1 rings (SSSR count). The molecule has 1 heterocycles. The SMILES string of the molecule is CCC(C(=O)O)N(C)c1nccn(CC)c1=O. The van der Waals surface area contributed by atoms with Gasteiger partial charge in [0.25, 0.3) is 5.56 Å². The van der Waals surface area contributed by atoms with Gasteiger partial charge in [-0.15, -0.1) is 0 Å². The maximum Gasteiger partial charge on any atom is 0.326 e. The molecular weight excluding hydrogens is 222 g/mol. The molecule has 94 valence electrons. The number of carbonyl (C=O) groups is 1. The van der Waals surface area contributed by atoms with Crippen LogP contribution in [0.4, 0.5) is 5.82 Å². The van der Waals surface area contributed by atoms with Gasteiger partial charge < -0.3 is 14.6 Å². The summed E-state index contributed by atoms with van der Waals surface area (Å²) in [6.45, 7) is 4.14. The third kappa shape index (κ3) is 2.64. The van der Waals surface area contributed by atoms with Gasteiger partial charge in [0.1, 0.15) is 6.04 Å². The maximum absolute atomic E-state index is 12.0. The molecule has 0 bridgehead atoms. The van der Waals surface area contributed by atoms with E-state index in [2.05, 4.69) is 4.98 Å². The second-order valence-electron chi connectivity index (χ2n) is 3.72. The summed E-state index contributed by atoms with van der Waals surface area (Å²) in [6.07, 6.45) is 3.50. The Bertz CT molecular complexity index is 456. The van der Waals surface area contributed by atoms with E-state index in [9.17, 15) is 9.59 Å². The number of hydrogen-bond acceptors (Lipinski definition) is 4. The second kappa shape index (κ2) is 5.47. The van der Waals surface area contributed by atoms with Gasteiger partial charge in [0.2, 0.25) is 0 Å². The van der Waals surface area contributed by atoms with Crippen LogP contribution in [0.25, 0.3) is 0 Å². The van der Waals surface area contributed by atoms with Gasteiger partial charge in [-0.05, 0) is 13.3 Å². The molecule has 17 heavy (non-hydrogen) atoms. The van der Waals surface area contributed by atoms with Crippen molar-refractivity contribution in [2.24, 2.45) is 0 Å². The molecule has 1 N–H and O–H groups in total. The molecule has 0 aliphatic heterocycles. The fourth-order valence-electron chi connectivity index (χ4n) is 1.69. The molecule has 0 radical (unpaired) electrons. The van der Waals surface area contributed by atoms with Crippen LogP contribution in [0.15, 0.2) is 17.2 Å². The molecule has 1 unspecified atom stereocenters. The number of carboxylic acid groups (broad SMARTS) is 1. The van der Waals surface area contributed by atoms with Crippen molar-refractivity contribution in [2.45, 2.75) is 32.9 Å². The fraction of sp³-hybridized carbons (Fsp3) is 0.545. The van der Waals surface area contributed by atoms with E-state index >= 15 is 0 Å². The molecule has 0 aromatic carbocycles. The molecule has 1 atom stereocenters. The van der Waals surface area contributed by atoms with E-state index in [1.54, 1.807) is 20.2 Å². The molecule has 0 fully saturated rings. The molecule has 6 nitrogen and oxygen atoms in total. The van der Waals surface area contributed by atoms with Crippen LogP contribution in [-0.4, -0.2) is 33.7 Å². The molecule has 1 aromatic rings. The number of carboxylic acids is 1. The predicted molar refractivity (Wildman–Crippen MR) is 64.3 cm³/mol. The summed E-state index contributed by atoms with van der Waals surface area (Å²) >= 11 is 0. The average Bonchev–Trinajstić information content (AvgIpc) is 2.29. The molecule has 0 saturated carbocycles. The minimum Gasteiger partial charge on any atom is -0.480 e. The summed E-state index contributed by atoms with van der Waals surface area (Å²) in [6, 6.07) is -0.733. The van der Waals surface area contributed by atoms with Gasteiger partial charge in [-0.3, -0.25) is 4.79 Å². The lowest BCUT2D eigenvalue weighted by atomic mass is 10.2. The Morgan fingerprint density at radius 2 is 2.24 bits per heavy atom. The van der Waals surface area contributed by atoms with Gasteiger partial charge in [-0.1, -0.05) is 6.92 Å². The lowest BCUT2D eigenvalue weighted by Crippen LogP contribution is -2.42. The van der Waals surface area contributed by atoms with Crippen LogP contribution in [0, 0.1) is 0 Å². The standard InChI is InChI=1S/C11H17N3O3/c1-4-8(11(16)17)13(3)9-10(15)14(5-2)7-6-12-9/h6-8H,4-5H2,1-3H3,(H,16,17). The first-order valence-corrected chi connectivity index (χ1v) is 5.54. The number of likely N-dealkylation sites (N-methyl/N-ethyl adjacent to an activating group) is 1. The van der Waals surface area contributed by atoms with Crippen LogP contribution >= 0.6 is 0 Å². The van der Waals surface area contributed by atoms with Crippen molar-refractivity contribution >= 4 is 11.8 Å². The third-order valence-corrected chi connectivity index (χ3v) is 2.71. The van der Waals surface area contributed by atoms with E-state index in [-0.39, 0.29) is 11.4 Å². The van der Waals surface area contributed by atoms with Crippen molar-refractivity contribution in [2.75, 3.05) is 11.9 Å². The van der Waals surface area contributed by atoms with Crippen LogP contribution in [0.2, 0.25) is 0 Å². The zero-order valence-corrected chi connectivity index (χ0v) is 10.3. The molecule has 0 spiro atoms. The van der Waals surface area contributed by atoms with E-state index < -0.39 is 12.0 Å². The van der Waals surface area contributed by atoms with E-state index in [0.717, 1.165) is 0 Å². The van der Waals surface area contributed by atoms with Gasteiger partial charge in [0, 0.05) is 26.0 Å². The highest BCUT2D eigenvalue weighted by molar-refractivity contribution is 5.77. The summed E-state index contributed by atoms with van der Waals surface area (Å²) in [7, 11) is 1.58. The minimum atomic E-state index is -0.955. The minimum absolute atomic E-state index is 0.170. The Morgan fingerprint density at radius 1 is 1.59 bits per heavy atom. The molecule has 1 aromatic heterocycles. The van der Waals surface area contributed by atoms with E-state index in [1.165, 1.54) is 15.7 Å². The van der Waals surface area contributed by atoms with Gasteiger partial charge in [0.05, 0.1) is 0 Å². The van der Waals surface area contributed by atoms with Crippen LogP contribution in [-0.2, 0) is 11.3 Å². The fourth-order valence-corrected chi connectivity index (χ4v) is 1.69. The predicted octanol–water partition coefficient (Wildman–Crippen LogP) is 0.563. The monoisotopic (exact) mass is 239 g/mol. The highest BCUT2D eigenvalue weighted by atomic mass is 16.4. The van der Waals surface area contributed by atoms with E-state index in [0.29, 0.717) is 13.0 Å². The summed E-state index contributed by atoms with van der Waals surface area (Å²) in [5.74, 6) is -0.785. The highest BCUT2D eigenvalue weighted by Crippen LogP contribution is 2.09. The Kier molecular flexibility index (Phi) is 4.25. The van der Waals surface area contributed by atoms with E-state index in [1.807, 2.05) is 6.92 Å². The number of rotatable bonds is 5. The second-order valence-corrected chi connectivity index (χ2v) is 3.72. The smallest absolute Gasteiger partial charge is 0.326 e.